The lowest BCUT2D eigenvalue weighted by atomic mass is 10.1. The molecule has 0 aliphatic carbocycles. The Balaban J connectivity index is 1.07. The second-order valence-electron chi connectivity index (χ2n) is 17.7. The zero-order chi connectivity index (χ0) is 48.7. The maximum Gasteiger partial charge on any atom is 0.414 e. The van der Waals surface area contributed by atoms with Crippen LogP contribution in [0.15, 0.2) is 96.0 Å². The van der Waals surface area contributed by atoms with E-state index in [1.807, 2.05) is 66.7 Å². The van der Waals surface area contributed by atoms with E-state index < -0.39 is 11.7 Å². The number of hydrogen-bond donors (Lipinski definition) is 1. The van der Waals surface area contributed by atoms with Crippen LogP contribution in [0.25, 0.3) is 0 Å². The third-order valence-corrected chi connectivity index (χ3v) is 11.8. The first-order chi connectivity index (χ1) is 33.3. The average Bonchev–Trinajstić information content (AvgIpc) is 3.91. The third-order valence-electron chi connectivity index (χ3n) is 11.8. The van der Waals surface area contributed by atoms with Crippen molar-refractivity contribution in [3.63, 3.8) is 0 Å². The Morgan fingerprint density at radius 3 is 2.09 bits per heavy atom. The van der Waals surface area contributed by atoms with Crippen LogP contribution in [0.3, 0.4) is 0 Å². The van der Waals surface area contributed by atoms with Crippen LogP contribution >= 0.6 is 0 Å². The Morgan fingerprint density at radius 2 is 1.39 bits per heavy atom. The van der Waals surface area contributed by atoms with Crippen molar-refractivity contribution in [1.82, 2.24) is 0 Å². The number of rotatable bonds is 19. The minimum absolute atomic E-state index is 0.000687. The van der Waals surface area contributed by atoms with Crippen molar-refractivity contribution in [2.45, 2.75) is 58.5 Å². The molecule has 0 saturated heterocycles. The number of nitrogens with two attached hydrogens (primary N) is 1. The third kappa shape index (κ3) is 11.1. The fraction of sp³-hybridized carbons (Fsp3) is 0.358. The van der Waals surface area contributed by atoms with Crippen LogP contribution in [0.4, 0.5) is 33.2 Å². The quantitative estimate of drug-likeness (QED) is 0.0620. The van der Waals surface area contributed by atoms with Crippen molar-refractivity contribution in [3.8, 4) is 23.0 Å². The van der Waals surface area contributed by atoms with Crippen molar-refractivity contribution in [1.29, 1.82) is 0 Å². The lowest BCUT2D eigenvalue weighted by molar-refractivity contribution is 0.0252. The highest BCUT2D eigenvalue weighted by Gasteiger charge is 2.37. The van der Waals surface area contributed by atoms with Crippen LogP contribution < -0.4 is 39.4 Å². The Morgan fingerprint density at radius 1 is 0.754 bits per heavy atom. The first kappa shape index (κ1) is 48.3. The standard InChI is InChI=1S/C53H59N5O11/c1-53(2,3)69-52(61)56(17-18-65-21-22-66-20-19-62-4)38-24-34(32-67-48-29-42(54)40(27-46(48)63-5)50(59)57-16-15-36-11-7-9-13-44(36)57)23-35(25-38)33-68-49-30-43-41(28-47(49)64-6)51(60)58-39(31-55-43)26-37-12-8-10-14-45(37)58/h7-14,23-25,27-31,39H,15-22,26,32-33,54H2,1-6H3. The summed E-state index contributed by atoms with van der Waals surface area (Å²) in [7, 11) is 4.63. The second kappa shape index (κ2) is 21.4. The van der Waals surface area contributed by atoms with Crippen molar-refractivity contribution in [2.75, 3.05) is 87.9 Å². The van der Waals surface area contributed by atoms with E-state index in [1.54, 1.807) is 68.2 Å². The summed E-state index contributed by atoms with van der Waals surface area (Å²) < 4.78 is 46.8. The summed E-state index contributed by atoms with van der Waals surface area (Å²) in [5.74, 6) is 0.933. The molecule has 16 nitrogen and oxygen atoms in total. The summed E-state index contributed by atoms with van der Waals surface area (Å²) in [6, 6.07) is 27.6. The molecule has 3 aliphatic rings. The van der Waals surface area contributed by atoms with Gasteiger partial charge in [-0.2, -0.15) is 0 Å². The van der Waals surface area contributed by atoms with E-state index in [0.29, 0.717) is 96.0 Å². The molecule has 0 radical (unpaired) electrons. The highest BCUT2D eigenvalue weighted by Crippen LogP contribution is 2.42. The topological polar surface area (TPSA) is 173 Å². The van der Waals surface area contributed by atoms with Gasteiger partial charge in [-0.25, -0.2) is 4.79 Å². The molecular weight excluding hydrogens is 883 g/mol. The van der Waals surface area contributed by atoms with Crippen LogP contribution in [0.1, 0.15) is 63.7 Å². The Bertz CT molecular complexity index is 2720. The number of anilines is 4. The van der Waals surface area contributed by atoms with Crippen molar-refractivity contribution >= 4 is 52.6 Å². The van der Waals surface area contributed by atoms with Gasteiger partial charge in [0, 0.05) is 61.2 Å². The highest BCUT2D eigenvalue weighted by molar-refractivity contribution is 6.15. The van der Waals surface area contributed by atoms with E-state index in [1.165, 1.54) is 19.1 Å². The molecule has 1 unspecified atom stereocenters. The molecule has 0 saturated carbocycles. The molecule has 5 aromatic carbocycles. The second-order valence-corrected chi connectivity index (χ2v) is 17.7. The van der Waals surface area contributed by atoms with Gasteiger partial charge in [0.1, 0.15) is 18.8 Å². The Hall–Kier alpha value is -7.14. The van der Waals surface area contributed by atoms with Gasteiger partial charge < -0.3 is 48.5 Å². The van der Waals surface area contributed by atoms with Gasteiger partial charge in [-0.1, -0.05) is 36.4 Å². The maximum atomic E-state index is 14.1. The Kier molecular flexibility index (Phi) is 15.0. The van der Waals surface area contributed by atoms with Crippen LogP contribution in [-0.4, -0.2) is 103 Å². The van der Waals surface area contributed by atoms with E-state index in [0.717, 1.165) is 28.9 Å². The summed E-state index contributed by atoms with van der Waals surface area (Å²) in [6.07, 6.45) is 2.64. The molecule has 3 amide bonds. The zero-order valence-corrected chi connectivity index (χ0v) is 40.0. The van der Waals surface area contributed by atoms with E-state index in [2.05, 4.69) is 0 Å². The SMILES string of the molecule is COCCOCCOCCN(C(=O)OC(C)(C)C)c1cc(COc2cc(N)c(C(=O)N3CCc4ccccc43)cc2OC)cc(COc2cc3c(cc2OC)C(=O)N2c4ccccc4CC2C=N3)c1. The molecule has 3 heterocycles. The summed E-state index contributed by atoms with van der Waals surface area (Å²) >= 11 is 0. The Labute approximate surface area is 402 Å². The number of nitrogen functional groups attached to an aromatic ring is 1. The molecular formula is C53H59N5O11. The first-order valence-corrected chi connectivity index (χ1v) is 22.9. The number of para-hydroxylation sites is 2. The number of amides is 3. The van der Waals surface area contributed by atoms with E-state index in [4.69, 9.17) is 48.6 Å². The van der Waals surface area contributed by atoms with Gasteiger partial charge in [0.15, 0.2) is 23.0 Å². The van der Waals surface area contributed by atoms with E-state index >= 15 is 0 Å². The summed E-state index contributed by atoms with van der Waals surface area (Å²) in [6.45, 7) is 7.86. The van der Waals surface area contributed by atoms with Gasteiger partial charge in [0.25, 0.3) is 11.8 Å². The summed E-state index contributed by atoms with van der Waals surface area (Å²) in [5.41, 5.74) is 12.9. The van der Waals surface area contributed by atoms with Crippen molar-refractivity contribution in [3.05, 3.63) is 124 Å². The molecule has 16 heteroatoms. The van der Waals surface area contributed by atoms with E-state index in [-0.39, 0.29) is 49.9 Å². The normalized spacial score (nSPS) is 14.6. The summed E-state index contributed by atoms with van der Waals surface area (Å²) in [5, 5.41) is 0. The van der Waals surface area contributed by atoms with E-state index in [9.17, 15) is 14.4 Å². The molecule has 0 spiro atoms. The monoisotopic (exact) mass is 941 g/mol. The molecule has 2 N–H and O–H groups in total. The predicted molar refractivity (Wildman–Crippen MR) is 263 cm³/mol. The molecule has 362 valence electrons. The molecule has 0 fully saturated rings. The molecule has 0 bridgehead atoms. The minimum atomic E-state index is -0.801. The summed E-state index contributed by atoms with van der Waals surface area (Å²) in [4.78, 5) is 51.7. The molecule has 5 aromatic rings. The van der Waals surface area contributed by atoms with Gasteiger partial charge in [0.2, 0.25) is 0 Å². The molecule has 3 aliphatic heterocycles. The van der Waals surface area contributed by atoms with Crippen molar-refractivity contribution < 1.29 is 52.3 Å². The lowest BCUT2D eigenvalue weighted by Gasteiger charge is -2.28. The predicted octanol–water partition coefficient (Wildman–Crippen LogP) is 8.36. The minimum Gasteiger partial charge on any atom is -0.493 e. The van der Waals surface area contributed by atoms with Crippen molar-refractivity contribution in [2.24, 2.45) is 4.99 Å². The molecule has 69 heavy (non-hydrogen) atoms. The van der Waals surface area contributed by atoms with Crippen LogP contribution in [0.5, 0.6) is 23.0 Å². The number of nitrogens with zero attached hydrogens (tertiary/aromatic N) is 4. The number of fused-ring (bicyclic) bond motifs is 5. The zero-order valence-electron chi connectivity index (χ0n) is 40.0. The number of ether oxygens (including phenoxy) is 8. The highest BCUT2D eigenvalue weighted by atomic mass is 16.6. The van der Waals surface area contributed by atoms with Gasteiger partial charge in [-0.3, -0.25) is 24.4 Å². The molecule has 8 rings (SSSR count). The number of carbonyl (C=O) groups excluding carboxylic acids is 3. The number of methoxy groups -OCH3 is 3. The molecule has 1 atom stereocenters. The van der Waals surface area contributed by atoms with Crippen LogP contribution in [0.2, 0.25) is 0 Å². The van der Waals surface area contributed by atoms with Crippen LogP contribution in [0, 0.1) is 0 Å². The number of aliphatic imine (C=N–C) groups is 1. The fourth-order valence-electron chi connectivity index (χ4n) is 8.57. The largest absolute Gasteiger partial charge is 0.493 e. The number of benzene rings is 5. The van der Waals surface area contributed by atoms with Crippen LogP contribution in [-0.2, 0) is 45.0 Å². The van der Waals surface area contributed by atoms with Gasteiger partial charge in [0.05, 0.1) is 76.7 Å². The number of hydrogen-bond acceptors (Lipinski definition) is 13. The van der Waals surface area contributed by atoms with Gasteiger partial charge >= 0.3 is 6.09 Å². The number of carbonyl (C=O) groups is 3. The average molecular weight is 942 g/mol. The van der Waals surface area contributed by atoms with Gasteiger partial charge in [-0.05, 0) is 91.9 Å². The first-order valence-electron chi connectivity index (χ1n) is 22.9. The van der Waals surface area contributed by atoms with Gasteiger partial charge in [-0.15, -0.1) is 0 Å². The maximum absolute atomic E-state index is 14.1. The fourth-order valence-corrected chi connectivity index (χ4v) is 8.57. The molecule has 0 aromatic heterocycles. The smallest absolute Gasteiger partial charge is 0.414 e. The lowest BCUT2D eigenvalue weighted by Crippen LogP contribution is -2.39.